The lowest BCUT2D eigenvalue weighted by atomic mass is 9.87. The molecule has 7 nitrogen and oxygen atoms in total. The van der Waals surface area contributed by atoms with Crippen LogP contribution < -0.4 is 5.32 Å². The van der Waals surface area contributed by atoms with Gasteiger partial charge >= 0.3 is 6.09 Å². The summed E-state index contributed by atoms with van der Waals surface area (Å²) in [7, 11) is 0. The number of carbonyl (C=O) groups is 1. The van der Waals surface area contributed by atoms with Gasteiger partial charge in [0.15, 0.2) is 5.17 Å². The summed E-state index contributed by atoms with van der Waals surface area (Å²) in [6, 6.07) is 7.02. The van der Waals surface area contributed by atoms with Crippen LogP contribution in [0.5, 0.6) is 0 Å². The van der Waals surface area contributed by atoms with Crippen LogP contribution in [0.2, 0.25) is 0 Å². The Kier molecular flexibility index (Phi) is 8.23. The summed E-state index contributed by atoms with van der Waals surface area (Å²) in [4.78, 5) is 23.7. The average Bonchev–Trinajstić information content (AvgIpc) is 3.21. The van der Waals surface area contributed by atoms with E-state index in [1.165, 1.54) is 4.90 Å². The van der Waals surface area contributed by atoms with Crippen molar-refractivity contribution in [3.05, 3.63) is 40.3 Å². The van der Waals surface area contributed by atoms with Crippen LogP contribution in [0.4, 0.5) is 9.18 Å². The van der Waals surface area contributed by atoms with Crippen LogP contribution in [-0.2, 0) is 0 Å². The van der Waals surface area contributed by atoms with Gasteiger partial charge in [0.25, 0.3) is 0 Å². The third-order valence-electron chi connectivity index (χ3n) is 6.80. The first kappa shape index (κ1) is 25.1. The van der Waals surface area contributed by atoms with Crippen LogP contribution in [0.1, 0.15) is 37.4 Å². The van der Waals surface area contributed by atoms with Crippen LogP contribution >= 0.6 is 24.0 Å². The quantitative estimate of drug-likeness (QED) is 0.465. The zero-order valence-corrected chi connectivity index (χ0v) is 21.2. The normalized spacial score (nSPS) is 26.9. The second-order valence-corrected chi connectivity index (χ2v) is 10.1. The van der Waals surface area contributed by atoms with Gasteiger partial charge in [-0.25, -0.2) is 14.2 Å². The number of nitrogens with zero attached hydrogens (tertiary/aromatic N) is 4. The summed E-state index contributed by atoms with van der Waals surface area (Å²) in [5.74, 6) is 0. The Morgan fingerprint density at radius 1 is 1.32 bits per heavy atom. The number of thioether (sulfide) groups is 1. The number of aliphatic imine (C=N–C) groups is 1. The number of nitrogens with one attached hydrogen (secondary N) is 1. The second-order valence-electron chi connectivity index (χ2n) is 8.67. The molecule has 3 heterocycles. The average molecular weight is 506 g/mol. The van der Waals surface area contributed by atoms with E-state index in [4.69, 9.17) is 12.2 Å². The Hall–Kier alpha value is -2.01. The molecule has 3 aliphatic rings. The lowest BCUT2D eigenvalue weighted by Crippen LogP contribution is -2.54. The van der Waals surface area contributed by atoms with Crippen molar-refractivity contribution >= 4 is 46.3 Å². The zero-order valence-electron chi connectivity index (χ0n) is 19.6. The fourth-order valence-electron chi connectivity index (χ4n) is 4.99. The number of rotatable bonds is 5. The number of hydrogen-bond acceptors (Lipinski definition) is 6. The molecule has 0 aromatic heterocycles. The monoisotopic (exact) mass is 505 g/mol. The third kappa shape index (κ3) is 5.30. The van der Waals surface area contributed by atoms with Crippen molar-refractivity contribution < 1.29 is 14.3 Å². The summed E-state index contributed by atoms with van der Waals surface area (Å²) >= 11 is 7.14. The van der Waals surface area contributed by atoms with Crippen molar-refractivity contribution in [2.24, 2.45) is 4.99 Å². The molecule has 1 aromatic rings. The topological polar surface area (TPSA) is 71.4 Å². The van der Waals surface area contributed by atoms with Gasteiger partial charge in [-0.2, -0.15) is 0 Å². The number of hydrogen-bond donors (Lipinski definition) is 2. The van der Waals surface area contributed by atoms with Gasteiger partial charge in [0.1, 0.15) is 11.2 Å². The van der Waals surface area contributed by atoms with E-state index in [9.17, 15) is 9.90 Å². The smallest absolute Gasteiger partial charge is 0.407 e. The lowest BCUT2D eigenvalue weighted by molar-refractivity contribution is 0.0104. The SMILES string of the molecule is CCN(CC)C1CC(c2ccccc2C=C2SC(N3CCNCC3)=NC2=S)N(C(=O)O)CC1F. The Morgan fingerprint density at radius 2 is 2.03 bits per heavy atom. The van der Waals surface area contributed by atoms with E-state index in [-0.39, 0.29) is 12.6 Å². The number of carboxylic acid groups (broad SMARTS) is 1. The molecule has 0 bridgehead atoms. The van der Waals surface area contributed by atoms with Crippen molar-refractivity contribution in [2.45, 2.75) is 38.5 Å². The first-order valence-corrected chi connectivity index (χ1v) is 13.1. The van der Waals surface area contributed by atoms with Crippen molar-refractivity contribution in [2.75, 3.05) is 45.8 Å². The molecule has 1 aromatic carbocycles. The minimum Gasteiger partial charge on any atom is -0.465 e. The summed E-state index contributed by atoms with van der Waals surface area (Å²) in [5.41, 5.74) is 1.77. The van der Waals surface area contributed by atoms with Crippen LogP contribution in [0.25, 0.3) is 6.08 Å². The number of thiocarbonyl (C=S) groups is 1. The fourth-order valence-corrected chi connectivity index (χ4v) is 6.29. The highest BCUT2D eigenvalue weighted by molar-refractivity contribution is 8.19. The largest absolute Gasteiger partial charge is 0.465 e. The number of alkyl halides is 1. The Bertz CT molecular complexity index is 978. The maximum Gasteiger partial charge on any atom is 0.407 e. The van der Waals surface area contributed by atoms with Gasteiger partial charge in [0.05, 0.1) is 17.5 Å². The van der Waals surface area contributed by atoms with E-state index >= 15 is 4.39 Å². The van der Waals surface area contributed by atoms with Gasteiger partial charge < -0.3 is 15.3 Å². The molecule has 3 unspecified atom stereocenters. The minimum atomic E-state index is -1.22. The number of benzene rings is 1. The number of amides is 1. The maximum atomic E-state index is 15.1. The molecular weight excluding hydrogens is 473 g/mol. The molecule has 3 aliphatic heterocycles. The molecule has 0 spiro atoms. The van der Waals surface area contributed by atoms with E-state index in [1.54, 1.807) is 11.8 Å². The van der Waals surface area contributed by atoms with Crippen LogP contribution in [0.3, 0.4) is 0 Å². The molecule has 184 valence electrons. The highest BCUT2D eigenvalue weighted by atomic mass is 32.2. The molecule has 4 rings (SSSR count). The summed E-state index contributed by atoms with van der Waals surface area (Å²) < 4.78 is 15.1. The lowest BCUT2D eigenvalue weighted by Gasteiger charge is -2.44. The third-order valence-corrected chi connectivity index (χ3v) is 8.30. The Balaban J connectivity index is 1.63. The number of piperidine rings is 1. The van der Waals surface area contributed by atoms with Gasteiger partial charge in [-0.1, -0.05) is 50.3 Å². The van der Waals surface area contributed by atoms with Crippen LogP contribution in [0, 0.1) is 0 Å². The van der Waals surface area contributed by atoms with E-state index in [0.29, 0.717) is 11.4 Å². The molecular formula is C24H32FN5O2S2. The van der Waals surface area contributed by atoms with Gasteiger partial charge in [-0.05, 0) is 48.5 Å². The standard InChI is InChI=1S/C24H32FN5O2S2/c1-3-28(4-2)20-14-19(30(24(31)32)15-18(20)25)17-8-6-5-7-16(17)13-21-22(33)27-23(34-21)29-11-9-26-10-12-29/h5-8,13,18-20,26H,3-4,9-12,14-15H2,1-2H3,(H,31,32). The first-order chi connectivity index (χ1) is 16.4. The molecule has 0 radical (unpaired) electrons. The van der Waals surface area contributed by atoms with Gasteiger partial charge in [-0.3, -0.25) is 9.80 Å². The molecule has 3 atom stereocenters. The molecule has 34 heavy (non-hydrogen) atoms. The van der Waals surface area contributed by atoms with Crippen LogP contribution in [0.15, 0.2) is 34.2 Å². The molecule has 2 fully saturated rings. The number of halogens is 1. The van der Waals surface area contributed by atoms with Crippen molar-refractivity contribution in [3.63, 3.8) is 0 Å². The number of likely N-dealkylation sites (tertiary alicyclic amines) is 1. The maximum absolute atomic E-state index is 15.1. The predicted octanol–water partition coefficient (Wildman–Crippen LogP) is 3.84. The van der Waals surface area contributed by atoms with E-state index in [1.807, 2.05) is 44.2 Å². The summed E-state index contributed by atoms with van der Waals surface area (Å²) in [5, 5.41) is 14.2. The van der Waals surface area contributed by atoms with Crippen molar-refractivity contribution in [1.29, 1.82) is 0 Å². The van der Waals surface area contributed by atoms with E-state index < -0.39 is 18.3 Å². The minimum absolute atomic E-state index is 0.129. The molecule has 2 N–H and O–H groups in total. The fraction of sp³-hybridized carbons (Fsp3) is 0.542. The molecule has 10 heteroatoms. The highest BCUT2D eigenvalue weighted by Crippen LogP contribution is 2.38. The molecule has 2 saturated heterocycles. The van der Waals surface area contributed by atoms with Gasteiger partial charge in [0, 0.05) is 32.2 Å². The Morgan fingerprint density at radius 3 is 2.71 bits per heavy atom. The predicted molar refractivity (Wildman–Crippen MR) is 140 cm³/mol. The van der Waals surface area contributed by atoms with Gasteiger partial charge in [-0.15, -0.1) is 0 Å². The van der Waals surface area contributed by atoms with E-state index in [0.717, 1.165) is 60.5 Å². The first-order valence-electron chi connectivity index (χ1n) is 11.9. The number of amidine groups is 1. The second kappa shape index (κ2) is 11.2. The highest BCUT2D eigenvalue weighted by Gasteiger charge is 2.41. The van der Waals surface area contributed by atoms with Crippen molar-refractivity contribution in [3.8, 4) is 0 Å². The van der Waals surface area contributed by atoms with E-state index in [2.05, 4.69) is 20.1 Å². The summed E-state index contributed by atoms with van der Waals surface area (Å²) in [6.07, 6.45) is 0.110. The van der Waals surface area contributed by atoms with Crippen molar-refractivity contribution in [1.82, 2.24) is 20.0 Å². The molecule has 0 saturated carbocycles. The van der Waals surface area contributed by atoms with Crippen LogP contribution in [-0.4, -0.2) is 94.1 Å². The Labute approximate surface area is 210 Å². The number of piperazine rings is 1. The molecule has 0 aliphatic carbocycles. The summed E-state index contributed by atoms with van der Waals surface area (Å²) in [6.45, 7) is 8.98. The molecule has 1 amide bonds. The zero-order chi connectivity index (χ0) is 24.2. The van der Waals surface area contributed by atoms with Gasteiger partial charge in [0.2, 0.25) is 0 Å².